The van der Waals surface area contributed by atoms with Gasteiger partial charge in [-0.2, -0.15) is 0 Å². The number of nitrogens with one attached hydrogen (secondary N) is 1. The van der Waals surface area contributed by atoms with Crippen molar-refractivity contribution in [3.05, 3.63) is 64.2 Å². The van der Waals surface area contributed by atoms with Gasteiger partial charge in [0.15, 0.2) is 0 Å². The average Bonchev–Trinajstić information content (AvgIpc) is 2.89. The molecule has 0 aromatic heterocycles. The van der Waals surface area contributed by atoms with Gasteiger partial charge in [0.2, 0.25) is 0 Å². The summed E-state index contributed by atoms with van der Waals surface area (Å²) in [5, 5.41) is 3.83. The van der Waals surface area contributed by atoms with Crippen LogP contribution < -0.4 is 10.1 Å². The summed E-state index contributed by atoms with van der Waals surface area (Å²) in [6.45, 7) is 0. The van der Waals surface area contributed by atoms with Crippen LogP contribution >= 0.6 is 11.6 Å². The zero-order chi connectivity index (χ0) is 14.8. The molecule has 4 heteroatoms. The molecule has 3 nitrogen and oxygen atoms in total. The van der Waals surface area contributed by atoms with Gasteiger partial charge < -0.3 is 10.1 Å². The molecule has 2 aromatic carbocycles. The Bertz CT molecular complexity index is 667. The third-order valence-corrected chi connectivity index (χ3v) is 4.08. The van der Waals surface area contributed by atoms with Crippen LogP contribution in [0.4, 0.5) is 0 Å². The van der Waals surface area contributed by atoms with Crippen LogP contribution in [0, 0.1) is 0 Å². The van der Waals surface area contributed by atoms with Crippen molar-refractivity contribution in [2.75, 3.05) is 7.11 Å². The van der Waals surface area contributed by atoms with E-state index in [1.54, 1.807) is 31.4 Å². The van der Waals surface area contributed by atoms with Crippen LogP contribution in [-0.4, -0.2) is 13.0 Å². The lowest BCUT2D eigenvalue weighted by atomic mass is 10.1. The fourth-order valence-corrected chi connectivity index (χ4v) is 2.91. The summed E-state index contributed by atoms with van der Waals surface area (Å²) in [6, 6.07) is 13.0. The van der Waals surface area contributed by atoms with Gasteiger partial charge in [0, 0.05) is 10.6 Å². The van der Waals surface area contributed by atoms with Crippen LogP contribution in [0.15, 0.2) is 42.5 Å². The summed E-state index contributed by atoms with van der Waals surface area (Å²) in [7, 11) is 1.61. The molecule has 0 unspecified atom stereocenters. The number of aryl methyl sites for hydroxylation is 1. The van der Waals surface area contributed by atoms with Gasteiger partial charge in [-0.3, -0.25) is 4.79 Å². The highest BCUT2D eigenvalue weighted by Crippen LogP contribution is 2.33. The number of carbonyl (C=O) groups is 1. The first-order valence-corrected chi connectivity index (χ1v) is 7.28. The van der Waals surface area contributed by atoms with E-state index in [1.165, 1.54) is 11.1 Å². The number of methoxy groups -OCH3 is 1. The molecular weight excluding hydrogens is 286 g/mol. The second kappa shape index (κ2) is 5.78. The first-order chi connectivity index (χ1) is 10.2. The monoisotopic (exact) mass is 301 g/mol. The number of benzene rings is 2. The summed E-state index contributed by atoms with van der Waals surface area (Å²) in [5.41, 5.74) is 3.03. The van der Waals surface area contributed by atoms with Gasteiger partial charge in [-0.1, -0.05) is 17.7 Å². The molecule has 2 aromatic rings. The Hall–Kier alpha value is -2.00. The van der Waals surface area contributed by atoms with Gasteiger partial charge in [-0.25, -0.2) is 0 Å². The van der Waals surface area contributed by atoms with Crippen molar-refractivity contribution in [3.8, 4) is 5.75 Å². The standard InChI is InChI=1S/C17H16ClNO2/c1-21-14-6-2-11(3-7-14)17(20)19-16-9-4-12-10-13(18)5-8-15(12)16/h2-3,5-8,10,16H,4,9H2,1H3,(H,19,20)/t16-/m1/s1. The molecule has 0 radical (unpaired) electrons. The van der Waals surface area contributed by atoms with Gasteiger partial charge in [0.05, 0.1) is 13.2 Å². The van der Waals surface area contributed by atoms with Crippen molar-refractivity contribution in [1.82, 2.24) is 5.32 Å². The average molecular weight is 302 g/mol. The Kier molecular flexibility index (Phi) is 3.84. The molecular formula is C17H16ClNO2. The van der Waals surface area contributed by atoms with Crippen molar-refractivity contribution in [1.29, 1.82) is 0 Å². The van der Waals surface area contributed by atoms with Crippen LogP contribution in [0.3, 0.4) is 0 Å². The van der Waals surface area contributed by atoms with E-state index in [0.717, 1.165) is 23.6 Å². The topological polar surface area (TPSA) is 38.3 Å². The largest absolute Gasteiger partial charge is 0.497 e. The summed E-state index contributed by atoms with van der Waals surface area (Å²) in [4.78, 5) is 12.3. The number of ether oxygens (including phenoxy) is 1. The maximum absolute atomic E-state index is 12.3. The molecule has 0 saturated heterocycles. The quantitative estimate of drug-likeness (QED) is 0.937. The second-order valence-corrected chi connectivity index (χ2v) is 5.57. The molecule has 1 amide bonds. The van der Waals surface area contributed by atoms with Crippen LogP contribution in [0.25, 0.3) is 0 Å². The van der Waals surface area contributed by atoms with Gasteiger partial charge in [0.1, 0.15) is 5.75 Å². The van der Waals surface area contributed by atoms with E-state index in [2.05, 4.69) is 5.32 Å². The van der Waals surface area contributed by atoms with Crippen LogP contribution in [0.2, 0.25) is 5.02 Å². The maximum Gasteiger partial charge on any atom is 0.251 e. The highest BCUT2D eigenvalue weighted by molar-refractivity contribution is 6.30. The zero-order valence-electron chi connectivity index (χ0n) is 11.7. The molecule has 0 heterocycles. The van der Waals surface area contributed by atoms with Crippen LogP contribution in [0.5, 0.6) is 5.75 Å². The third kappa shape index (κ3) is 2.88. The van der Waals surface area contributed by atoms with E-state index in [4.69, 9.17) is 16.3 Å². The van der Waals surface area contributed by atoms with Crippen molar-refractivity contribution in [2.24, 2.45) is 0 Å². The number of fused-ring (bicyclic) bond motifs is 1. The Balaban J connectivity index is 1.74. The molecule has 1 aliphatic carbocycles. The highest BCUT2D eigenvalue weighted by atomic mass is 35.5. The lowest BCUT2D eigenvalue weighted by molar-refractivity contribution is 0.0936. The van der Waals surface area contributed by atoms with Crippen LogP contribution in [-0.2, 0) is 6.42 Å². The van der Waals surface area contributed by atoms with E-state index < -0.39 is 0 Å². The molecule has 21 heavy (non-hydrogen) atoms. The molecule has 3 rings (SSSR count). The normalized spacial score (nSPS) is 16.4. The van der Waals surface area contributed by atoms with E-state index in [-0.39, 0.29) is 11.9 Å². The number of carbonyl (C=O) groups excluding carboxylic acids is 1. The lowest BCUT2D eigenvalue weighted by Gasteiger charge is -2.14. The van der Waals surface area contributed by atoms with E-state index in [0.29, 0.717) is 5.56 Å². The van der Waals surface area contributed by atoms with Crippen LogP contribution in [0.1, 0.15) is 33.9 Å². The van der Waals surface area contributed by atoms with Crippen molar-refractivity contribution in [3.63, 3.8) is 0 Å². The number of halogens is 1. The molecule has 0 bridgehead atoms. The summed E-state index contributed by atoms with van der Waals surface area (Å²) in [6.07, 6.45) is 1.86. The molecule has 0 fully saturated rings. The maximum atomic E-state index is 12.3. The number of amides is 1. The second-order valence-electron chi connectivity index (χ2n) is 5.14. The summed E-state index contributed by atoms with van der Waals surface area (Å²) >= 11 is 6.00. The first-order valence-electron chi connectivity index (χ1n) is 6.90. The highest BCUT2D eigenvalue weighted by Gasteiger charge is 2.24. The first kappa shape index (κ1) is 14.0. The van der Waals surface area contributed by atoms with Crippen molar-refractivity contribution in [2.45, 2.75) is 18.9 Å². The number of hydrogen-bond acceptors (Lipinski definition) is 2. The van der Waals surface area contributed by atoms with E-state index in [9.17, 15) is 4.79 Å². The number of rotatable bonds is 3. The minimum Gasteiger partial charge on any atom is -0.497 e. The SMILES string of the molecule is COc1ccc(C(=O)N[C@@H]2CCc3cc(Cl)ccc32)cc1. The number of hydrogen-bond donors (Lipinski definition) is 1. The van der Waals surface area contributed by atoms with E-state index >= 15 is 0 Å². The summed E-state index contributed by atoms with van der Waals surface area (Å²) < 4.78 is 5.10. The lowest BCUT2D eigenvalue weighted by Crippen LogP contribution is -2.27. The van der Waals surface area contributed by atoms with E-state index in [1.807, 2.05) is 18.2 Å². The predicted octanol–water partition coefficient (Wildman–Crippen LogP) is 3.77. The minimum absolute atomic E-state index is 0.0619. The van der Waals surface area contributed by atoms with Gasteiger partial charge in [0.25, 0.3) is 5.91 Å². The predicted molar refractivity (Wildman–Crippen MR) is 83.0 cm³/mol. The fraction of sp³-hybridized carbons (Fsp3) is 0.235. The Morgan fingerprint density at radius 2 is 2.00 bits per heavy atom. The summed E-state index contributed by atoms with van der Waals surface area (Å²) in [5.74, 6) is 0.679. The van der Waals surface area contributed by atoms with Gasteiger partial charge in [-0.05, 0) is 60.4 Å². The van der Waals surface area contributed by atoms with Crippen molar-refractivity contribution < 1.29 is 9.53 Å². The van der Waals surface area contributed by atoms with Gasteiger partial charge >= 0.3 is 0 Å². The molecule has 0 spiro atoms. The Morgan fingerprint density at radius 1 is 1.24 bits per heavy atom. The van der Waals surface area contributed by atoms with Gasteiger partial charge in [-0.15, -0.1) is 0 Å². The molecule has 0 aliphatic heterocycles. The zero-order valence-corrected chi connectivity index (χ0v) is 12.5. The fourth-order valence-electron chi connectivity index (χ4n) is 2.72. The Labute approximate surface area is 128 Å². The molecule has 1 atom stereocenters. The minimum atomic E-state index is -0.0644. The molecule has 1 aliphatic rings. The molecule has 1 N–H and O–H groups in total. The molecule has 108 valence electrons. The van der Waals surface area contributed by atoms with Crippen molar-refractivity contribution >= 4 is 17.5 Å². The molecule has 0 saturated carbocycles. The Morgan fingerprint density at radius 3 is 2.71 bits per heavy atom. The third-order valence-electron chi connectivity index (χ3n) is 3.84. The smallest absolute Gasteiger partial charge is 0.251 e.